The summed E-state index contributed by atoms with van der Waals surface area (Å²) >= 11 is 0. The van der Waals surface area contributed by atoms with Gasteiger partial charge < -0.3 is 11.1 Å². The van der Waals surface area contributed by atoms with Gasteiger partial charge in [-0.15, -0.1) is 0 Å². The Balaban J connectivity index is 2.10. The summed E-state index contributed by atoms with van der Waals surface area (Å²) in [7, 11) is 0. The number of rotatable bonds is 2. The molecule has 3 nitrogen and oxygen atoms in total. The predicted molar refractivity (Wildman–Crippen MR) is 72.9 cm³/mol. The second kappa shape index (κ2) is 6.35. The van der Waals surface area contributed by atoms with Crippen molar-refractivity contribution in [1.82, 2.24) is 0 Å². The summed E-state index contributed by atoms with van der Waals surface area (Å²) < 4.78 is 13.5. The Labute approximate surface area is 112 Å². The Hall–Kier alpha value is -1.86. The minimum absolute atomic E-state index is 0.0156. The molecule has 0 heterocycles. The van der Waals surface area contributed by atoms with Crippen molar-refractivity contribution in [3.8, 4) is 11.8 Å². The molecule has 0 unspecified atom stereocenters. The molecule has 2 rings (SSSR count). The lowest BCUT2D eigenvalue weighted by Gasteiger charge is -2.10. The van der Waals surface area contributed by atoms with Crippen LogP contribution in [0.5, 0.6) is 0 Å². The average Bonchev–Trinajstić information content (AvgIpc) is 2.93. The molecule has 1 amide bonds. The molecule has 1 aromatic rings. The van der Waals surface area contributed by atoms with E-state index in [0.717, 1.165) is 25.7 Å². The highest BCUT2D eigenvalue weighted by Gasteiger charge is 2.22. The molecule has 0 radical (unpaired) electrons. The number of halogens is 1. The van der Waals surface area contributed by atoms with Gasteiger partial charge in [0, 0.05) is 11.6 Å². The molecule has 3 N–H and O–H groups in total. The van der Waals surface area contributed by atoms with E-state index in [4.69, 9.17) is 5.73 Å². The van der Waals surface area contributed by atoms with E-state index in [1.807, 2.05) is 0 Å². The number of nitrogens with one attached hydrogen (secondary N) is 1. The normalized spacial score (nSPS) is 14.8. The van der Waals surface area contributed by atoms with Crippen molar-refractivity contribution in [1.29, 1.82) is 0 Å². The highest BCUT2D eigenvalue weighted by atomic mass is 19.1. The van der Waals surface area contributed by atoms with Gasteiger partial charge in [-0.1, -0.05) is 24.7 Å². The topological polar surface area (TPSA) is 55.1 Å². The van der Waals surface area contributed by atoms with Crippen LogP contribution in [0.2, 0.25) is 0 Å². The van der Waals surface area contributed by atoms with E-state index < -0.39 is 5.82 Å². The number of carbonyl (C=O) groups is 1. The molecule has 1 aromatic carbocycles. The summed E-state index contributed by atoms with van der Waals surface area (Å²) in [6.07, 6.45) is 4.09. The minimum atomic E-state index is -0.403. The Bertz CT molecular complexity index is 525. The van der Waals surface area contributed by atoms with Gasteiger partial charge in [0.15, 0.2) is 0 Å². The zero-order valence-electron chi connectivity index (χ0n) is 10.7. The number of amides is 1. The molecule has 19 heavy (non-hydrogen) atoms. The second-order valence-corrected chi connectivity index (χ2v) is 4.67. The summed E-state index contributed by atoms with van der Waals surface area (Å²) in [5.74, 6) is 4.96. The standard InChI is InChI=1S/C15H17FN2O/c16-14-8-7-13(10-12(14)6-3-9-17)18-15(19)11-4-1-2-5-11/h7-8,10-11H,1-2,4-5,9,17H2,(H,18,19). The van der Waals surface area contributed by atoms with Crippen LogP contribution in [0, 0.1) is 23.6 Å². The zero-order chi connectivity index (χ0) is 13.7. The van der Waals surface area contributed by atoms with E-state index >= 15 is 0 Å². The number of nitrogens with two attached hydrogens (primary N) is 1. The Morgan fingerprint density at radius 1 is 1.42 bits per heavy atom. The number of hydrogen-bond acceptors (Lipinski definition) is 2. The van der Waals surface area contributed by atoms with E-state index in [1.54, 1.807) is 12.1 Å². The molecule has 100 valence electrons. The van der Waals surface area contributed by atoms with Gasteiger partial charge in [0.2, 0.25) is 5.91 Å². The highest BCUT2D eigenvalue weighted by molar-refractivity contribution is 5.92. The van der Waals surface area contributed by atoms with E-state index in [1.165, 1.54) is 6.07 Å². The van der Waals surface area contributed by atoms with Gasteiger partial charge in [-0.25, -0.2) is 4.39 Å². The third-order valence-electron chi connectivity index (χ3n) is 3.28. The fourth-order valence-corrected chi connectivity index (χ4v) is 2.28. The molecule has 0 saturated heterocycles. The van der Waals surface area contributed by atoms with Gasteiger partial charge in [-0.05, 0) is 31.0 Å². The van der Waals surface area contributed by atoms with Crippen LogP contribution in [-0.2, 0) is 4.79 Å². The largest absolute Gasteiger partial charge is 0.326 e. The lowest BCUT2D eigenvalue weighted by atomic mass is 10.1. The first-order valence-electron chi connectivity index (χ1n) is 6.50. The van der Waals surface area contributed by atoms with Crippen molar-refractivity contribution in [2.24, 2.45) is 11.7 Å². The fourth-order valence-electron chi connectivity index (χ4n) is 2.28. The first kappa shape index (κ1) is 13.6. The van der Waals surface area contributed by atoms with Crippen LogP contribution in [0.4, 0.5) is 10.1 Å². The monoisotopic (exact) mass is 260 g/mol. The van der Waals surface area contributed by atoms with Gasteiger partial charge in [-0.3, -0.25) is 4.79 Å². The fraction of sp³-hybridized carbons (Fsp3) is 0.400. The smallest absolute Gasteiger partial charge is 0.227 e. The number of carbonyl (C=O) groups excluding carboxylic acids is 1. The van der Waals surface area contributed by atoms with E-state index in [-0.39, 0.29) is 23.9 Å². The molecule has 0 bridgehead atoms. The maximum absolute atomic E-state index is 13.5. The van der Waals surface area contributed by atoms with Crippen LogP contribution >= 0.6 is 0 Å². The molecular weight excluding hydrogens is 243 g/mol. The molecule has 1 aliphatic carbocycles. The summed E-state index contributed by atoms with van der Waals surface area (Å²) in [6, 6.07) is 4.41. The highest BCUT2D eigenvalue weighted by Crippen LogP contribution is 2.26. The Morgan fingerprint density at radius 2 is 2.16 bits per heavy atom. The molecule has 0 atom stereocenters. The minimum Gasteiger partial charge on any atom is -0.326 e. The van der Waals surface area contributed by atoms with E-state index in [2.05, 4.69) is 17.2 Å². The predicted octanol–water partition coefficient (Wildman–Crippen LogP) is 2.26. The van der Waals surface area contributed by atoms with Crippen molar-refractivity contribution >= 4 is 11.6 Å². The van der Waals surface area contributed by atoms with Crippen LogP contribution in [-0.4, -0.2) is 12.5 Å². The number of hydrogen-bond donors (Lipinski definition) is 2. The maximum Gasteiger partial charge on any atom is 0.227 e. The summed E-state index contributed by atoms with van der Waals surface area (Å²) in [4.78, 5) is 12.0. The average molecular weight is 260 g/mol. The van der Waals surface area contributed by atoms with Gasteiger partial charge in [0.05, 0.1) is 12.1 Å². The lowest BCUT2D eigenvalue weighted by Crippen LogP contribution is -2.20. The van der Waals surface area contributed by atoms with Crippen molar-refractivity contribution in [2.45, 2.75) is 25.7 Å². The quantitative estimate of drug-likeness (QED) is 0.801. The Morgan fingerprint density at radius 3 is 2.84 bits per heavy atom. The van der Waals surface area contributed by atoms with Crippen LogP contribution < -0.4 is 11.1 Å². The first-order valence-corrected chi connectivity index (χ1v) is 6.50. The Kier molecular flexibility index (Phi) is 4.53. The van der Waals surface area contributed by atoms with Crippen LogP contribution in [0.1, 0.15) is 31.2 Å². The maximum atomic E-state index is 13.5. The third-order valence-corrected chi connectivity index (χ3v) is 3.28. The second-order valence-electron chi connectivity index (χ2n) is 4.67. The van der Waals surface area contributed by atoms with E-state index in [9.17, 15) is 9.18 Å². The molecular formula is C15H17FN2O. The SMILES string of the molecule is NCC#Cc1cc(NC(=O)C2CCCC2)ccc1F. The molecule has 1 fully saturated rings. The van der Waals surface area contributed by atoms with Gasteiger partial charge in [0.1, 0.15) is 5.82 Å². The van der Waals surface area contributed by atoms with Crippen molar-refractivity contribution < 1.29 is 9.18 Å². The lowest BCUT2D eigenvalue weighted by molar-refractivity contribution is -0.119. The first-order chi connectivity index (χ1) is 9.20. The number of benzene rings is 1. The molecule has 1 aliphatic rings. The van der Waals surface area contributed by atoms with Gasteiger partial charge in [0.25, 0.3) is 0 Å². The van der Waals surface area contributed by atoms with Crippen molar-refractivity contribution in [3.63, 3.8) is 0 Å². The van der Waals surface area contributed by atoms with Crippen molar-refractivity contribution in [3.05, 3.63) is 29.6 Å². The summed E-state index contributed by atoms with van der Waals surface area (Å²) in [5.41, 5.74) is 6.10. The molecule has 1 saturated carbocycles. The molecule has 0 spiro atoms. The van der Waals surface area contributed by atoms with Crippen LogP contribution in [0.3, 0.4) is 0 Å². The summed E-state index contributed by atoms with van der Waals surface area (Å²) in [5, 5.41) is 2.82. The third kappa shape index (κ3) is 3.55. The molecule has 4 heteroatoms. The zero-order valence-corrected chi connectivity index (χ0v) is 10.7. The van der Waals surface area contributed by atoms with E-state index in [0.29, 0.717) is 5.69 Å². The van der Waals surface area contributed by atoms with Gasteiger partial charge in [-0.2, -0.15) is 0 Å². The molecule has 0 aromatic heterocycles. The molecule has 0 aliphatic heterocycles. The van der Waals surface area contributed by atoms with Crippen LogP contribution in [0.25, 0.3) is 0 Å². The number of anilines is 1. The van der Waals surface area contributed by atoms with Crippen LogP contribution in [0.15, 0.2) is 18.2 Å². The van der Waals surface area contributed by atoms with Gasteiger partial charge >= 0.3 is 0 Å². The van der Waals surface area contributed by atoms with Crippen molar-refractivity contribution in [2.75, 3.05) is 11.9 Å². The summed E-state index contributed by atoms with van der Waals surface area (Å²) in [6.45, 7) is 0.179.